The van der Waals surface area contributed by atoms with Crippen molar-refractivity contribution in [3.05, 3.63) is 0 Å². The van der Waals surface area contributed by atoms with Gasteiger partial charge in [-0.25, -0.2) is 8.42 Å². The molecule has 1 saturated carbocycles. The van der Waals surface area contributed by atoms with Crippen molar-refractivity contribution in [1.82, 2.24) is 5.32 Å². The van der Waals surface area contributed by atoms with Crippen molar-refractivity contribution in [2.45, 2.75) is 46.0 Å². The lowest BCUT2D eigenvalue weighted by Gasteiger charge is -2.26. The van der Waals surface area contributed by atoms with Crippen LogP contribution in [0.5, 0.6) is 0 Å². The van der Waals surface area contributed by atoms with Gasteiger partial charge in [0, 0.05) is 5.75 Å². The van der Waals surface area contributed by atoms with E-state index in [4.69, 9.17) is 0 Å². The van der Waals surface area contributed by atoms with E-state index in [1.807, 2.05) is 0 Å². The van der Waals surface area contributed by atoms with Crippen molar-refractivity contribution >= 4 is 9.84 Å². The van der Waals surface area contributed by atoms with Crippen LogP contribution in [0, 0.1) is 11.8 Å². The normalized spacial score (nSPS) is 26.0. The maximum atomic E-state index is 11.3. The first-order valence-electron chi connectivity index (χ1n) is 6.94. The molecule has 0 saturated heterocycles. The molecule has 3 nitrogen and oxygen atoms in total. The summed E-state index contributed by atoms with van der Waals surface area (Å²) in [6.07, 6.45) is 6.16. The van der Waals surface area contributed by atoms with Gasteiger partial charge in [0.1, 0.15) is 9.84 Å². The van der Waals surface area contributed by atoms with E-state index in [0.29, 0.717) is 5.75 Å². The van der Waals surface area contributed by atoms with Crippen LogP contribution in [0.4, 0.5) is 0 Å². The third kappa shape index (κ3) is 6.41. The molecule has 1 aliphatic carbocycles. The molecule has 2 atom stereocenters. The maximum Gasteiger partial charge on any atom is 0.150 e. The van der Waals surface area contributed by atoms with Crippen molar-refractivity contribution in [3.8, 4) is 0 Å². The largest absolute Gasteiger partial charge is 0.316 e. The van der Waals surface area contributed by atoms with E-state index < -0.39 is 9.84 Å². The smallest absolute Gasteiger partial charge is 0.150 e. The Hall–Kier alpha value is -0.0900. The van der Waals surface area contributed by atoms with E-state index in [1.54, 1.807) is 6.92 Å². The Kier molecular flexibility index (Phi) is 6.49. The third-order valence-corrected chi connectivity index (χ3v) is 5.52. The highest BCUT2D eigenvalue weighted by molar-refractivity contribution is 7.91. The summed E-state index contributed by atoms with van der Waals surface area (Å²) in [5, 5.41) is 3.41. The number of nitrogens with one attached hydrogen (secondary N) is 1. The van der Waals surface area contributed by atoms with E-state index in [0.717, 1.165) is 31.3 Å². The van der Waals surface area contributed by atoms with Gasteiger partial charge in [0.25, 0.3) is 0 Å². The van der Waals surface area contributed by atoms with Gasteiger partial charge in [-0.05, 0) is 44.2 Å². The molecular formula is C13H27NO2S. The molecule has 0 radical (unpaired) electrons. The first-order chi connectivity index (χ1) is 8.03. The molecule has 102 valence electrons. The van der Waals surface area contributed by atoms with Gasteiger partial charge in [0.2, 0.25) is 0 Å². The van der Waals surface area contributed by atoms with Gasteiger partial charge < -0.3 is 5.32 Å². The van der Waals surface area contributed by atoms with Crippen LogP contribution in [0.1, 0.15) is 46.0 Å². The lowest BCUT2D eigenvalue weighted by atomic mass is 9.82. The summed E-state index contributed by atoms with van der Waals surface area (Å²) in [4.78, 5) is 0. The van der Waals surface area contributed by atoms with Gasteiger partial charge in [-0.2, -0.15) is 0 Å². The van der Waals surface area contributed by atoms with Crippen LogP contribution in [0.25, 0.3) is 0 Å². The molecule has 0 aromatic carbocycles. The van der Waals surface area contributed by atoms with Gasteiger partial charge in [-0.1, -0.05) is 26.7 Å². The van der Waals surface area contributed by atoms with Crippen LogP contribution in [0.2, 0.25) is 0 Å². The minimum Gasteiger partial charge on any atom is -0.316 e. The van der Waals surface area contributed by atoms with Crippen LogP contribution < -0.4 is 5.32 Å². The van der Waals surface area contributed by atoms with E-state index in [2.05, 4.69) is 12.2 Å². The summed E-state index contributed by atoms with van der Waals surface area (Å²) in [6, 6.07) is 0. The fourth-order valence-corrected chi connectivity index (χ4v) is 3.49. The monoisotopic (exact) mass is 261 g/mol. The Balaban J connectivity index is 2.04. The highest BCUT2D eigenvalue weighted by Crippen LogP contribution is 2.27. The first kappa shape index (κ1) is 15.0. The Morgan fingerprint density at radius 3 is 2.71 bits per heavy atom. The van der Waals surface area contributed by atoms with E-state index in [9.17, 15) is 8.42 Å². The summed E-state index contributed by atoms with van der Waals surface area (Å²) < 4.78 is 22.6. The van der Waals surface area contributed by atoms with Crippen LogP contribution in [0.15, 0.2) is 0 Å². The molecule has 0 heterocycles. The van der Waals surface area contributed by atoms with Crippen molar-refractivity contribution in [2.75, 3.05) is 24.6 Å². The van der Waals surface area contributed by atoms with E-state index >= 15 is 0 Å². The summed E-state index contributed by atoms with van der Waals surface area (Å²) in [7, 11) is -2.77. The molecule has 1 aliphatic rings. The predicted molar refractivity (Wildman–Crippen MR) is 72.9 cm³/mol. The Morgan fingerprint density at radius 1 is 1.29 bits per heavy atom. The molecule has 4 heteroatoms. The second-order valence-corrected chi connectivity index (χ2v) is 7.90. The lowest BCUT2D eigenvalue weighted by molar-refractivity contribution is 0.275. The topological polar surface area (TPSA) is 46.2 Å². The number of rotatable bonds is 7. The maximum absolute atomic E-state index is 11.3. The second kappa shape index (κ2) is 7.37. The summed E-state index contributed by atoms with van der Waals surface area (Å²) in [6.45, 7) is 5.95. The fraction of sp³-hybridized carbons (Fsp3) is 1.00. The number of sulfone groups is 1. The SMILES string of the molecule is CCS(=O)(=O)CCCNCC1CCCC(C)C1. The quantitative estimate of drug-likeness (QED) is 0.715. The van der Waals surface area contributed by atoms with Crippen LogP contribution in [0.3, 0.4) is 0 Å². The molecule has 0 bridgehead atoms. The fourth-order valence-electron chi connectivity index (χ4n) is 2.61. The molecule has 0 amide bonds. The Bertz CT molecular complexity index is 301. The zero-order chi connectivity index (χ0) is 12.7. The van der Waals surface area contributed by atoms with E-state index in [1.165, 1.54) is 25.7 Å². The van der Waals surface area contributed by atoms with Crippen LogP contribution in [-0.4, -0.2) is 33.0 Å². The minimum atomic E-state index is -2.77. The average Bonchev–Trinajstić information content (AvgIpc) is 2.29. The molecule has 0 aromatic heterocycles. The minimum absolute atomic E-state index is 0.271. The van der Waals surface area contributed by atoms with Gasteiger partial charge in [0.05, 0.1) is 5.75 Å². The molecule has 0 spiro atoms. The van der Waals surface area contributed by atoms with Crippen LogP contribution >= 0.6 is 0 Å². The zero-order valence-electron chi connectivity index (χ0n) is 11.2. The second-order valence-electron chi connectivity index (χ2n) is 5.43. The van der Waals surface area contributed by atoms with Gasteiger partial charge in [-0.3, -0.25) is 0 Å². The highest BCUT2D eigenvalue weighted by atomic mass is 32.2. The third-order valence-electron chi connectivity index (χ3n) is 3.73. The molecule has 0 aliphatic heterocycles. The first-order valence-corrected chi connectivity index (χ1v) is 8.76. The lowest BCUT2D eigenvalue weighted by Crippen LogP contribution is -2.28. The van der Waals surface area contributed by atoms with E-state index in [-0.39, 0.29) is 5.75 Å². The number of hydrogen-bond donors (Lipinski definition) is 1. The molecule has 1 rings (SSSR count). The van der Waals surface area contributed by atoms with Crippen molar-refractivity contribution in [3.63, 3.8) is 0 Å². The van der Waals surface area contributed by atoms with Crippen molar-refractivity contribution < 1.29 is 8.42 Å². The van der Waals surface area contributed by atoms with Crippen molar-refractivity contribution in [1.29, 1.82) is 0 Å². The summed E-state index contributed by atoms with van der Waals surface area (Å²) in [5.74, 6) is 2.28. The summed E-state index contributed by atoms with van der Waals surface area (Å²) in [5.41, 5.74) is 0. The van der Waals surface area contributed by atoms with Crippen molar-refractivity contribution in [2.24, 2.45) is 11.8 Å². The molecule has 1 N–H and O–H groups in total. The number of hydrogen-bond acceptors (Lipinski definition) is 3. The van der Waals surface area contributed by atoms with Crippen LogP contribution in [-0.2, 0) is 9.84 Å². The predicted octanol–water partition coefficient (Wildman–Crippen LogP) is 2.23. The van der Waals surface area contributed by atoms with Gasteiger partial charge in [-0.15, -0.1) is 0 Å². The highest BCUT2D eigenvalue weighted by Gasteiger charge is 2.18. The van der Waals surface area contributed by atoms with Gasteiger partial charge >= 0.3 is 0 Å². The molecule has 1 fully saturated rings. The Morgan fingerprint density at radius 2 is 2.06 bits per heavy atom. The Labute approximate surface area is 106 Å². The average molecular weight is 261 g/mol. The van der Waals surface area contributed by atoms with Gasteiger partial charge in [0.15, 0.2) is 0 Å². The molecule has 17 heavy (non-hydrogen) atoms. The zero-order valence-corrected chi connectivity index (χ0v) is 12.1. The molecule has 0 aromatic rings. The summed E-state index contributed by atoms with van der Waals surface area (Å²) >= 11 is 0. The molecular weight excluding hydrogens is 234 g/mol. The molecule has 2 unspecified atom stereocenters. The standard InChI is InChI=1S/C13H27NO2S/c1-3-17(15,16)9-5-8-14-11-13-7-4-6-12(2)10-13/h12-14H,3-11H2,1-2H3.